The van der Waals surface area contributed by atoms with Crippen molar-refractivity contribution in [1.29, 1.82) is 0 Å². The molecular formula is C12H15F3N2O. The number of halogens is 3. The van der Waals surface area contributed by atoms with Crippen LogP contribution in [0.15, 0.2) is 18.2 Å². The van der Waals surface area contributed by atoms with Crippen molar-refractivity contribution in [3.05, 3.63) is 29.3 Å². The highest BCUT2D eigenvalue weighted by molar-refractivity contribution is 5.94. The van der Waals surface area contributed by atoms with Gasteiger partial charge in [-0.2, -0.15) is 13.2 Å². The zero-order valence-electron chi connectivity index (χ0n) is 10.2. The fraction of sp³-hybridized carbons (Fsp3) is 0.417. The predicted octanol–water partition coefficient (Wildman–Crippen LogP) is 2.77. The smallest absolute Gasteiger partial charge is 0.398 e. The lowest BCUT2D eigenvalue weighted by atomic mass is 10.1. The first-order valence-corrected chi connectivity index (χ1v) is 5.57. The number of carbonyl (C=O) groups is 1. The Hall–Kier alpha value is -1.72. The number of hydrogen-bond donors (Lipinski definition) is 1. The molecule has 100 valence electrons. The number of alkyl halides is 3. The standard InChI is InChI=1S/C12H15F3N2O/c1-3-17(4-2)11(18)8-5-6-10(16)9(7-8)12(13,14)15/h5-7H,3-4,16H2,1-2H3. The molecule has 0 atom stereocenters. The highest BCUT2D eigenvalue weighted by Gasteiger charge is 2.33. The lowest BCUT2D eigenvalue weighted by Gasteiger charge is -2.19. The van der Waals surface area contributed by atoms with E-state index in [9.17, 15) is 18.0 Å². The summed E-state index contributed by atoms with van der Waals surface area (Å²) >= 11 is 0. The van der Waals surface area contributed by atoms with E-state index in [-0.39, 0.29) is 11.3 Å². The van der Waals surface area contributed by atoms with Crippen LogP contribution in [0.5, 0.6) is 0 Å². The molecule has 0 aromatic heterocycles. The van der Waals surface area contributed by atoms with Crippen LogP contribution < -0.4 is 5.73 Å². The van der Waals surface area contributed by atoms with Gasteiger partial charge >= 0.3 is 6.18 Å². The third-order valence-electron chi connectivity index (χ3n) is 2.66. The number of nitrogens with two attached hydrogens (primary N) is 1. The fourth-order valence-corrected chi connectivity index (χ4v) is 1.63. The Balaban J connectivity index is 3.17. The Labute approximate surface area is 103 Å². The quantitative estimate of drug-likeness (QED) is 0.849. The summed E-state index contributed by atoms with van der Waals surface area (Å²) in [5, 5.41) is 0. The van der Waals surface area contributed by atoms with E-state index in [4.69, 9.17) is 5.73 Å². The second-order valence-electron chi connectivity index (χ2n) is 3.78. The Morgan fingerprint density at radius 1 is 1.28 bits per heavy atom. The van der Waals surface area contributed by atoms with Gasteiger partial charge in [0.05, 0.1) is 5.56 Å². The first kappa shape index (κ1) is 14.3. The minimum Gasteiger partial charge on any atom is -0.398 e. The van der Waals surface area contributed by atoms with Crippen LogP contribution in [0, 0.1) is 0 Å². The summed E-state index contributed by atoms with van der Waals surface area (Å²) in [6, 6.07) is 3.22. The maximum absolute atomic E-state index is 12.7. The molecule has 0 saturated heterocycles. The molecule has 1 aromatic carbocycles. The fourth-order valence-electron chi connectivity index (χ4n) is 1.63. The van der Waals surface area contributed by atoms with E-state index < -0.39 is 17.6 Å². The molecule has 0 aliphatic rings. The van der Waals surface area contributed by atoms with E-state index >= 15 is 0 Å². The van der Waals surface area contributed by atoms with Crippen LogP contribution in [0.2, 0.25) is 0 Å². The average molecular weight is 260 g/mol. The number of benzene rings is 1. The molecule has 0 aliphatic carbocycles. The molecule has 0 spiro atoms. The van der Waals surface area contributed by atoms with Crippen molar-refractivity contribution in [1.82, 2.24) is 4.90 Å². The predicted molar refractivity (Wildman–Crippen MR) is 63.1 cm³/mol. The zero-order valence-corrected chi connectivity index (χ0v) is 10.2. The minimum atomic E-state index is -4.55. The highest BCUT2D eigenvalue weighted by Crippen LogP contribution is 2.34. The number of nitrogens with zero attached hydrogens (tertiary/aromatic N) is 1. The Kier molecular flexibility index (Phi) is 4.21. The van der Waals surface area contributed by atoms with Crippen molar-refractivity contribution >= 4 is 11.6 Å². The van der Waals surface area contributed by atoms with Crippen LogP contribution in [0.4, 0.5) is 18.9 Å². The van der Waals surface area contributed by atoms with Gasteiger partial charge in [-0.15, -0.1) is 0 Å². The summed E-state index contributed by atoms with van der Waals surface area (Å²) in [6.45, 7) is 4.43. The van der Waals surface area contributed by atoms with Crippen LogP contribution in [0.1, 0.15) is 29.8 Å². The Morgan fingerprint density at radius 2 is 1.83 bits per heavy atom. The minimum absolute atomic E-state index is 0.000208. The van der Waals surface area contributed by atoms with Crippen molar-refractivity contribution in [3.63, 3.8) is 0 Å². The van der Waals surface area contributed by atoms with Crippen molar-refractivity contribution < 1.29 is 18.0 Å². The topological polar surface area (TPSA) is 46.3 Å². The Bertz CT molecular complexity index is 439. The second kappa shape index (κ2) is 5.29. The van der Waals surface area contributed by atoms with Crippen molar-refractivity contribution in [2.24, 2.45) is 0 Å². The SMILES string of the molecule is CCN(CC)C(=O)c1ccc(N)c(C(F)(F)F)c1. The first-order chi connectivity index (χ1) is 8.31. The molecule has 0 bridgehead atoms. The number of rotatable bonds is 3. The normalized spacial score (nSPS) is 11.4. The maximum atomic E-state index is 12.7. The van der Waals surface area contributed by atoms with Gasteiger partial charge in [-0.25, -0.2) is 0 Å². The molecule has 2 N–H and O–H groups in total. The van der Waals surface area contributed by atoms with Crippen molar-refractivity contribution in [2.45, 2.75) is 20.0 Å². The molecule has 0 radical (unpaired) electrons. The van der Waals surface area contributed by atoms with Gasteiger partial charge in [0.1, 0.15) is 0 Å². The van der Waals surface area contributed by atoms with Crippen LogP contribution in [-0.2, 0) is 6.18 Å². The molecule has 0 fully saturated rings. The summed E-state index contributed by atoms with van der Waals surface area (Å²) < 4.78 is 38.0. The van der Waals surface area contributed by atoms with Gasteiger partial charge in [0.25, 0.3) is 5.91 Å². The van der Waals surface area contributed by atoms with E-state index in [1.807, 2.05) is 0 Å². The molecule has 0 heterocycles. The second-order valence-corrected chi connectivity index (χ2v) is 3.78. The summed E-state index contributed by atoms with van der Waals surface area (Å²) in [4.78, 5) is 13.4. The number of hydrogen-bond acceptors (Lipinski definition) is 2. The first-order valence-electron chi connectivity index (χ1n) is 5.57. The van der Waals surface area contributed by atoms with Gasteiger partial charge in [0.2, 0.25) is 0 Å². The number of amides is 1. The maximum Gasteiger partial charge on any atom is 0.418 e. The summed E-state index contributed by atoms with van der Waals surface area (Å²) in [5.74, 6) is -0.425. The van der Waals surface area contributed by atoms with E-state index in [2.05, 4.69) is 0 Å². The van der Waals surface area contributed by atoms with Gasteiger partial charge < -0.3 is 10.6 Å². The van der Waals surface area contributed by atoms with Gasteiger partial charge in [0, 0.05) is 24.3 Å². The van der Waals surface area contributed by atoms with Gasteiger partial charge in [-0.1, -0.05) is 0 Å². The number of anilines is 1. The molecule has 1 amide bonds. The molecule has 6 heteroatoms. The molecule has 0 aliphatic heterocycles. The van der Waals surface area contributed by atoms with Gasteiger partial charge in [-0.05, 0) is 32.0 Å². The van der Waals surface area contributed by atoms with Crippen LogP contribution in [-0.4, -0.2) is 23.9 Å². The Morgan fingerprint density at radius 3 is 2.28 bits per heavy atom. The molecule has 1 rings (SSSR count). The van der Waals surface area contributed by atoms with Crippen LogP contribution >= 0.6 is 0 Å². The molecular weight excluding hydrogens is 245 g/mol. The van der Waals surface area contributed by atoms with Crippen LogP contribution in [0.3, 0.4) is 0 Å². The van der Waals surface area contributed by atoms with E-state index in [1.165, 1.54) is 11.0 Å². The lowest BCUT2D eigenvalue weighted by Crippen LogP contribution is -2.30. The summed E-state index contributed by atoms with van der Waals surface area (Å²) in [5.41, 5.74) is 3.92. The summed E-state index contributed by atoms with van der Waals surface area (Å²) in [7, 11) is 0. The van der Waals surface area contributed by atoms with E-state index in [0.29, 0.717) is 13.1 Å². The molecule has 0 unspecified atom stereocenters. The van der Waals surface area contributed by atoms with E-state index in [1.54, 1.807) is 13.8 Å². The lowest BCUT2D eigenvalue weighted by molar-refractivity contribution is -0.136. The third-order valence-corrected chi connectivity index (χ3v) is 2.66. The monoisotopic (exact) mass is 260 g/mol. The average Bonchev–Trinajstić information content (AvgIpc) is 2.29. The van der Waals surface area contributed by atoms with Gasteiger partial charge in [-0.3, -0.25) is 4.79 Å². The molecule has 3 nitrogen and oxygen atoms in total. The van der Waals surface area contributed by atoms with E-state index in [0.717, 1.165) is 12.1 Å². The summed E-state index contributed by atoms with van der Waals surface area (Å²) in [6.07, 6.45) is -4.55. The van der Waals surface area contributed by atoms with Gasteiger partial charge in [0.15, 0.2) is 0 Å². The number of carbonyl (C=O) groups excluding carboxylic acids is 1. The highest BCUT2D eigenvalue weighted by atomic mass is 19.4. The zero-order chi connectivity index (χ0) is 13.9. The molecule has 18 heavy (non-hydrogen) atoms. The number of nitrogen functional groups attached to an aromatic ring is 1. The van der Waals surface area contributed by atoms with Crippen LogP contribution in [0.25, 0.3) is 0 Å². The molecule has 1 aromatic rings. The third kappa shape index (κ3) is 2.94. The largest absolute Gasteiger partial charge is 0.418 e. The van der Waals surface area contributed by atoms with Crippen molar-refractivity contribution in [2.75, 3.05) is 18.8 Å². The van der Waals surface area contributed by atoms with Crippen molar-refractivity contribution in [3.8, 4) is 0 Å². The molecule has 0 saturated carbocycles.